The first-order chi connectivity index (χ1) is 6.84. The lowest BCUT2D eigenvalue weighted by Gasteiger charge is -2.18. The molecule has 4 N–H and O–H groups in total. The van der Waals surface area contributed by atoms with Gasteiger partial charge in [0.1, 0.15) is 0 Å². The van der Waals surface area contributed by atoms with Gasteiger partial charge >= 0.3 is 0 Å². The van der Waals surface area contributed by atoms with Gasteiger partial charge in [-0.3, -0.25) is 4.79 Å². The Balaban J connectivity index is 3.83. The van der Waals surface area contributed by atoms with Gasteiger partial charge in [-0.25, -0.2) is 0 Å². The maximum atomic E-state index is 11.5. The number of hydrogen-bond donors (Lipinski definition) is 3. The third kappa shape index (κ3) is 6.47. The highest BCUT2D eigenvalue weighted by Gasteiger charge is 2.16. The molecular formula is C11H24N2O2. The molecular weight excluding hydrogens is 192 g/mol. The van der Waals surface area contributed by atoms with Crippen LogP contribution < -0.4 is 11.1 Å². The van der Waals surface area contributed by atoms with Gasteiger partial charge in [0.15, 0.2) is 0 Å². The molecule has 0 rings (SSSR count). The van der Waals surface area contributed by atoms with Crippen molar-refractivity contribution < 1.29 is 9.90 Å². The summed E-state index contributed by atoms with van der Waals surface area (Å²) in [6.07, 6.45) is 0.170. The zero-order chi connectivity index (χ0) is 12.0. The SMILES string of the molecule is CC(C)C[C@H](N)C(=O)NCC(O)C(C)C. The van der Waals surface area contributed by atoms with Crippen LogP contribution in [0.5, 0.6) is 0 Å². The number of carbonyl (C=O) groups is 1. The summed E-state index contributed by atoms with van der Waals surface area (Å²) in [5, 5.41) is 12.1. The standard InChI is InChI=1S/C11H24N2O2/c1-7(2)5-9(12)11(15)13-6-10(14)8(3)4/h7-10,14H,5-6,12H2,1-4H3,(H,13,15)/t9-,10?/m0/s1. The predicted molar refractivity (Wildman–Crippen MR) is 61.3 cm³/mol. The van der Waals surface area contributed by atoms with Gasteiger partial charge in [0.05, 0.1) is 12.1 Å². The van der Waals surface area contributed by atoms with E-state index in [-0.39, 0.29) is 18.4 Å². The average Bonchev–Trinajstić information content (AvgIpc) is 2.12. The van der Waals surface area contributed by atoms with Crippen molar-refractivity contribution in [2.24, 2.45) is 17.6 Å². The molecule has 0 saturated heterocycles. The molecule has 0 aromatic heterocycles. The first-order valence-electron chi connectivity index (χ1n) is 5.56. The van der Waals surface area contributed by atoms with E-state index in [1.807, 2.05) is 27.7 Å². The van der Waals surface area contributed by atoms with Crippen molar-refractivity contribution in [3.8, 4) is 0 Å². The second-order valence-corrected chi connectivity index (χ2v) is 4.79. The largest absolute Gasteiger partial charge is 0.391 e. The van der Waals surface area contributed by atoms with Crippen LogP contribution in [0.25, 0.3) is 0 Å². The third-order valence-corrected chi connectivity index (χ3v) is 2.32. The molecule has 15 heavy (non-hydrogen) atoms. The number of rotatable bonds is 6. The van der Waals surface area contributed by atoms with E-state index in [0.29, 0.717) is 12.3 Å². The van der Waals surface area contributed by atoms with E-state index in [4.69, 9.17) is 5.73 Å². The number of nitrogens with one attached hydrogen (secondary N) is 1. The lowest BCUT2D eigenvalue weighted by molar-refractivity contribution is -0.123. The second-order valence-electron chi connectivity index (χ2n) is 4.79. The summed E-state index contributed by atoms with van der Waals surface area (Å²) in [7, 11) is 0. The summed E-state index contributed by atoms with van der Waals surface area (Å²) in [5.74, 6) is 0.371. The molecule has 0 aromatic rings. The van der Waals surface area contributed by atoms with Crippen LogP contribution in [0.1, 0.15) is 34.1 Å². The zero-order valence-corrected chi connectivity index (χ0v) is 10.2. The van der Waals surface area contributed by atoms with Crippen molar-refractivity contribution in [2.75, 3.05) is 6.54 Å². The quantitative estimate of drug-likeness (QED) is 0.605. The number of amides is 1. The molecule has 4 nitrogen and oxygen atoms in total. The van der Waals surface area contributed by atoms with Gasteiger partial charge in [-0.1, -0.05) is 27.7 Å². The molecule has 1 amide bonds. The van der Waals surface area contributed by atoms with E-state index in [1.54, 1.807) is 0 Å². The summed E-state index contributed by atoms with van der Waals surface area (Å²) in [6, 6.07) is -0.468. The van der Waals surface area contributed by atoms with Crippen molar-refractivity contribution >= 4 is 5.91 Å². The molecule has 90 valence electrons. The van der Waals surface area contributed by atoms with E-state index in [9.17, 15) is 9.90 Å². The van der Waals surface area contributed by atoms with E-state index in [0.717, 1.165) is 0 Å². The fourth-order valence-corrected chi connectivity index (χ4v) is 1.19. The summed E-state index contributed by atoms with van der Waals surface area (Å²) in [4.78, 5) is 11.5. The van der Waals surface area contributed by atoms with Gasteiger partial charge < -0.3 is 16.2 Å². The Labute approximate surface area is 92.2 Å². The Bertz CT molecular complexity index is 193. The molecule has 0 bridgehead atoms. The molecule has 0 aliphatic carbocycles. The highest BCUT2D eigenvalue weighted by Crippen LogP contribution is 2.03. The Morgan fingerprint density at radius 2 is 1.87 bits per heavy atom. The topological polar surface area (TPSA) is 75.4 Å². The van der Waals surface area contributed by atoms with Crippen LogP contribution in [0, 0.1) is 11.8 Å². The average molecular weight is 216 g/mol. The highest BCUT2D eigenvalue weighted by molar-refractivity contribution is 5.81. The highest BCUT2D eigenvalue weighted by atomic mass is 16.3. The minimum Gasteiger partial charge on any atom is -0.391 e. The van der Waals surface area contributed by atoms with Crippen molar-refractivity contribution in [2.45, 2.75) is 46.3 Å². The van der Waals surface area contributed by atoms with Crippen molar-refractivity contribution in [3.63, 3.8) is 0 Å². The van der Waals surface area contributed by atoms with Gasteiger partial charge in [0, 0.05) is 6.54 Å². The smallest absolute Gasteiger partial charge is 0.237 e. The minimum absolute atomic E-state index is 0.145. The van der Waals surface area contributed by atoms with Gasteiger partial charge in [-0.15, -0.1) is 0 Å². The third-order valence-electron chi connectivity index (χ3n) is 2.32. The lowest BCUT2D eigenvalue weighted by atomic mass is 10.0. The van der Waals surface area contributed by atoms with Crippen molar-refractivity contribution in [3.05, 3.63) is 0 Å². The maximum absolute atomic E-state index is 11.5. The fourth-order valence-electron chi connectivity index (χ4n) is 1.19. The van der Waals surface area contributed by atoms with Crippen molar-refractivity contribution in [1.82, 2.24) is 5.32 Å². The predicted octanol–water partition coefficient (Wildman–Crippen LogP) is 0.493. The fraction of sp³-hybridized carbons (Fsp3) is 0.909. The Morgan fingerprint density at radius 3 is 2.27 bits per heavy atom. The first-order valence-corrected chi connectivity index (χ1v) is 5.56. The molecule has 0 spiro atoms. The Morgan fingerprint density at radius 1 is 1.33 bits per heavy atom. The van der Waals surface area contributed by atoms with E-state index in [2.05, 4.69) is 5.32 Å². The normalized spacial score (nSPS) is 15.5. The molecule has 0 saturated carbocycles. The van der Waals surface area contributed by atoms with Crippen LogP contribution in [0.3, 0.4) is 0 Å². The molecule has 0 aromatic carbocycles. The molecule has 0 aliphatic heterocycles. The van der Waals surface area contributed by atoms with Crippen LogP contribution in [-0.4, -0.2) is 29.7 Å². The van der Waals surface area contributed by atoms with Gasteiger partial charge in [-0.2, -0.15) is 0 Å². The van der Waals surface area contributed by atoms with Gasteiger partial charge in [0.2, 0.25) is 5.91 Å². The molecule has 0 radical (unpaired) electrons. The molecule has 0 aliphatic rings. The number of aliphatic hydroxyl groups excluding tert-OH is 1. The van der Waals surface area contributed by atoms with Crippen LogP contribution in [0.4, 0.5) is 0 Å². The van der Waals surface area contributed by atoms with Gasteiger partial charge in [0.25, 0.3) is 0 Å². The summed E-state index contributed by atoms with van der Waals surface area (Å²) < 4.78 is 0. The molecule has 1 unspecified atom stereocenters. The molecule has 2 atom stereocenters. The van der Waals surface area contributed by atoms with Gasteiger partial charge in [-0.05, 0) is 18.3 Å². The summed E-state index contributed by atoms with van der Waals surface area (Å²) in [5.41, 5.74) is 5.69. The van der Waals surface area contributed by atoms with Crippen LogP contribution in [0.15, 0.2) is 0 Å². The number of aliphatic hydroxyl groups is 1. The van der Waals surface area contributed by atoms with Crippen LogP contribution in [0.2, 0.25) is 0 Å². The Kier molecular flexibility index (Phi) is 6.52. The Hall–Kier alpha value is -0.610. The van der Waals surface area contributed by atoms with E-state index in [1.165, 1.54) is 0 Å². The number of nitrogens with two attached hydrogens (primary N) is 1. The monoisotopic (exact) mass is 216 g/mol. The van der Waals surface area contributed by atoms with Crippen LogP contribution in [-0.2, 0) is 4.79 Å². The summed E-state index contributed by atoms with van der Waals surface area (Å²) in [6.45, 7) is 8.14. The lowest BCUT2D eigenvalue weighted by Crippen LogP contribution is -2.44. The zero-order valence-electron chi connectivity index (χ0n) is 10.2. The maximum Gasteiger partial charge on any atom is 0.237 e. The first kappa shape index (κ1) is 14.4. The van der Waals surface area contributed by atoms with Crippen LogP contribution >= 0.6 is 0 Å². The number of hydrogen-bond acceptors (Lipinski definition) is 3. The molecule has 0 heterocycles. The van der Waals surface area contributed by atoms with E-state index < -0.39 is 12.1 Å². The summed E-state index contributed by atoms with van der Waals surface area (Å²) >= 11 is 0. The molecule has 0 fully saturated rings. The second kappa shape index (κ2) is 6.80. The van der Waals surface area contributed by atoms with Crippen molar-refractivity contribution in [1.29, 1.82) is 0 Å². The number of carbonyl (C=O) groups excluding carboxylic acids is 1. The molecule has 4 heteroatoms. The minimum atomic E-state index is -0.500. The van der Waals surface area contributed by atoms with E-state index >= 15 is 0 Å².